The normalized spacial score (nSPS) is 12.0. The molecule has 0 aliphatic carbocycles. The first-order valence-electron chi connectivity index (χ1n) is 6.08. The van der Waals surface area contributed by atoms with E-state index in [2.05, 4.69) is 5.32 Å². The smallest absolute Gasteiger partial charge is 0.269 e. The summed E-state index contributed by atoms with van der Waals surface area (Å²) in [5.41, 5.74) is 0.741. The SMILES string of the molecule is O=[N+]([O-])c1ccc(C(O)CNc2ccc(F)c(F)c2)cc1. The highest BCUT2D eigenvalue weighted by atomic mass is 19.2. The molecule has 0 saturated carbocycles. The van der Waals surface area contributed by atoms with Gasteiger partial charge in [-0.05, 0) is 29.8 Å². The molecule has 0 fully saturated rings. The molecule has 2 aromatic rings. The molecule has 2 aromatic carbocycles. The van der Waals surface area contributed by atoms with Gasteiger partial charge >= 0.3 is 0 Å². The van der Waals surface area contributed by atoms with E-state index in [1.165, 1.54) is 30.3 Å². The first-order valence-corrected chi connectivity index (χ1v) is 6.08. The lowest BCUT2D eigenvalue weighted by molar-refractivity contribution is -0.384. The van der Waals surface area contributed by atoms with Crippen molar-refractivity contribution in [2.75, 3.05) is 11.9 Å². The molecule has 2 rings (SSSR count). The summed E-state index contributed by atoms with van der Waals surface area (Å²) in [6.45, 7) is 0.0584. The monoisotopic (exact) mass is 294 g/mol. The van der Waals surface area contributed by atoms with Gasteiger partial charge in [-0.2, -0.15) is 0 Å². The topological polar surface area (TPSA) is 75.4 Å². The van der Waals surface area contributed by atoms with Crippen molar-refractivity contribution in [2.24, 2.45) is 0 Å². The molecule has 5 nitrogen and oxygen atoms in total. The van der Waals surface area contributed by atoms with Crippen molar-refractivity contribution in [1.29, 1.82) is 0 Å². The molecule has 21 heavy (non-hydrogen) atoms. The van der Waals surface area contributed by atoms with Gasteiger partial charge in [-0.15, -0.1) is 0 Å². The van der Waals surface area contributed by atoms with Crippen molar-refractivity contribution >= 4 is 11.4 Å². The Morgan fingerprint density at radius 2 is 1.81 bits per heavy atom. The summed E-state index contributed by atoms with van der Waals surface area (Å²) in [6, 6.07) is 8.77. The first-order chi connectivity index (χ1) is 9.97. The van der Waals surface area contributed by atoms with Crippen molar-refractivity contribution in [1.82, 2.24) is 0 Å². The van der Waals surface area contributed by atoms with E-state index in [0.29, 0.717) is 11.3 Å². The van der Waals surface area contributed by atoms with E-state index in [9.17, 15) is 24.0 Å². The molecule has 0 aliphatic rings. The van der Waals surface area contributed by atoms with E-state index < -0.39 is 22.7 Å². The third kappa shape index (κ3) is 3.73. The second-order valence-corrected chi connectivity index (χ2v) is 4.37. The Hall–Kier alpha value is -2.54. The summed E-state index contributed by atoms with van der Waals surface area (Å²) < 4.78 is 25.8. The van der Waals surface area contributed by atoms with Crippen LogP contribution in [0.4, 0.5) is 20.2 Å². The van der Waals surface area contributed by atoms with Gasteiger partial charge in [0.15, 0.2) is 11.6 Å². The number of nitro benzene ring substituents is 1. The molecule has 0 amide bonds. The van der Waals surface area contributed by atoms with Crippen molar-refractivity contribution in [3.8, 4) is 0 Å². The minimum atomic E-state index is -0.982. The Kier molecular flexibility index (Phi) is 4.44. The highest BCUT2D eigenvalue weighted by molar-refractivity contribution is 5.44. The van der Waals surface area contributed by atoms with Gasteiger partial charge in [-0.1, -0.05) is 0 Å². The molecule has 0 bridgehead atoms. The molecular formula is C14H12F2N2O3. The quantitative estimate of drug-likeness (QED) is 0.656. The highest BCUT2D eigenvalue weighted by Crippen LogP contribution is 2.19. The number of nitrogens with zero attached hydrogens (tertiary/aromatic N) is 1. The van der Waals surface area contributed by atoms with E-state index in [4.69, 9.17) is 0 Å². The van der Waals surface area contributed by atoms with Gasteiger partial charge in [0.1, 0.15) is 0 Å². The maximum atomic E-state index is 13.0. The summed E-state index contributed by atoms with van der Waals surface area (Å²) in [5, 5.41) is 23.2. The third-order valence-corrected chi connectivity index (χ3v) is 2.91. The minimum absolute atomic E-state index is 0.0584. The fraction of sp³-hybridized carbons (Fsp3) is 0.143. The van der Waals surface area contributed by atoms with Crippen LogP contribution in [0.5, 0.6) is 0 Å². The van der Waals surface area contributed by atoms with Crippen LogP contribution in [-0.4, -0.2) is 16.6 Å². The van der Waals surface area contributed by atoms with Crippen LogP contribution in [-0.2, 0) is 0 Å². The van der Waals surface area contributed by atoms with E-state index in [1.54, 1.807) is 0 Å². The van der Waals surface area contributed by atoms with Crippen LogP contribution in [0.25, 0.3) is 0 Å². The number of aliphatic hydroxyl groups is 1. The maximum Gasteiger partial charge on any atom is 0.269 e. The molecule has 0 aromatic heterocycles. The van der Waals surface area contributed by atoms with Crippen LogP contribution in [0.15, 0.2) is 42.5 Å². The summed E-state index contributed by atoms with van der Waals surface area (Å²) in [5.74, 6) is -1.93. The number of anilines is 1. The fourth-order valence-electron chi connectivity index (χ4n) is 1.76. The van der Waals surface area contributed by atoms with Crippen LogP contribution in [0.3, 0.4) is 0 Å². The van der Waals surface area contributed by atoms with Crippen molar-refractivity contribution in [3.63, 3.8) is 0 Å². The van der Waals surface area contributed by atoms with Gasteiger partial charge in [-0.3, -0.25) is 10.1 Å². The van der Waals surface area contributed by atoms with Gasteiger partial charge < -0.3 is 10.4 Å². The summed E-state index contributed by atoms with van der Waals surface area (Å²) in [4.78, 5) is 9.98. The van der Waals surface area contributed by atoms with E-state index in [-0.39, 0.29) is 12.2 Å². The molecule has 0 aliphatic heterocycles. The zero-order valence-electron chi connectivity index (χ0n) is 10.8. The molecular weight excluding hydrogens is 282 g/mol. The van der Waals surface area contributed by atoms with Gasteiger partial charge in [0.05, 0.1) is 11.0 Å². The van der Waals surface area contributed by atoms with Crippen molar-refractivity contribution in [3.05, 3.63) is 69.8 Å². The highest BCUT2D eigenvalue weighted by Gasteiger charge is 2.11. The van der Waals surface area contributed by atoms with Gasteiger partial charge in [0, 0.05) is 30.4 Å². The number of aliphatic hydroxyl groups excluding tert-OH is 1. The Morgan fingerprint density at radius 3 is 2.38 bits per heavy atom. The molecule has 0 heterocycles. The van der Waals surface area contributed by atoms with Crippen molar-refractivity contribution in [2.45, 2.75) is 6.10 Å². The number of benzene rings is 2. The Bertz CT molecular complexity index is 647. The number of halogens is 2. The molecule has 1 atom stereocenters. The summed E-state index contributed by atoms with van der Waals surface area (Å²) in [7, 11) is 0. The van der Waals surface area contributed by atoms with E-state index in [1.807, 2.05) is 0 Å². The van der Waals surface area contributed by atoms with Gasteiger partial charge in [0.2, 0.25) is 0 Å². The predicted molar refractivity (Wildman–Crippen MR) is 72.9 cm³/mol. The first kappa shape index (κ1) is 14.9. The molecule has 7 heteroatoms. The van der Waals surface area contributed by atoms with Crippen molar-refractivity contribution < 1.29 is 18.8 Å². The predicted octanol–water partition coefficient (Wildman–Crippen LogP) is 3.02. The lowest BCUT2D eigenvalue weighted by Gasteiger charge is -2.13. The van der Waals surface area contributed by atoms with E-state index in [0.717, 1.165) is 12.1 Å². The number of rotatable bonds is 5. The largest absolute Gasteiger partial charge is 0.387 e. The molecule has 0 spiro atoms. The van der Waals surface area contributed by atoms with Crippen LogP contribution in [0.1, 0.15) is 11.7 Å². The standard InChI is InChI=1S/C14H12F2N2O3/c15-12-6-3-10(7-13(12)16)17-8-14(19)9-1-4-11(5-2-9)18(20)21/h1-7,14,17,19H,8H2. The summed E-state index contributed by atoms with van der Waals surface area (Å²) in [6.07, 6.45) is -0.932. The average molecular weight is 294 g/mol. The Balaban J connectivity index is 1.99. The minimum Gasteiger partial charge on any atom is -0.387 e. The maximum absolute atomic E-state index is 13.0. The van der Waals surface area contributed by atoms with Crippen LogP contribution >= 0.6 is 0 Å². The molecule has 110 valence electrons. The fourth-order valence-corrected chi connectivity index (χ4v) is 1.76. The second-order valence-electron chi connectivity index (χ2n) is 4.37. The molecule has 0 saturated heterocycles. The number of non-ortho nitro benzene ring substituents is 1. The molecule has 2 N–H and O–H groups in total. The Morgan fingerprint density at radius 1 is 1.14 bits per heavy atom. The Labute approximate surface area is 119 Å². The molecule has 0 radical (unpaired) electrons. The number of hydrogen-bond acceptors (Lipinski definition) is 4. The van der Waals surface area contributed by atoms with Crippen LogP contribution in [0, 0.1) is 21.7 Å². The zero-order valence-corrected chi connectivity index (χ0v) is 10.8. The summed E-state index contributed by atoms with van der Waals surface area (Å²) >= 11 is 0. The number of hydrogen-bond donors (Lipinski definition) is 2. The zero-order chi connectivity index (χ0) is 15.4. The van der Waals surface area contributed by atoms with Crippen LogP contribution in [0.2, 0.25) is 0 Å². The number of nitro groups is 1. The average Bonchev–Trinajstić information content (AvgIpc) is 2.48. The lowest BCUT2D eigenvalue weighted by Crippen LogP contribution is -2.12. The van der Waals surface area contributed by atoms with E-state index >= 15 is 0 Å². The number of nitrogens with one attached hydrogen (secondary N) is 1. The van der Waals surface area contributed by atoms with Gasteiger partial charge in [0.25, 0.3) is 5.69 Å². The molecule has 1 unspecified atom stereocenters. The third-order valence-electron chi connectivity index (χ3n) is 2.91. The second kappa shape index (κ2) is 6.27. The van der Waals surface area contributed by atoms with Crippen LogP contribution < -0.4 is 5.32 Å². The van der Waals surface area contributed by atoms with Gasteiger partial charge in [-0.25, -0.2) is 8.78 Å². The lowest BCUT2D eigenvalue weighted by atomic mass is 10.1.